The number of fused-ring (bicyclic) bond motifs is 1. The Morgan fingerprint density at radius 2 is 2.18 bits per heavy atom. The lowest BCUT2D eigenvalue weighted by atomic mass is 10.3. The molecular formula is C15H18N4O3. The number of carbonyl (C=O) groups excluding carboxylic acids is 2. The number of rotatable bonds is 5. The molecule has 0 aliphatic heterocycles. The van der Waals surface area contributed by atoms with Crippen molar-refractivity contribution < 1.29 is 14.3 Å². The van der Waals surface area contributed by atoms with Crippen molar-refractivity contribution in [3.05, 3.63) is 41.4 Å². The van der Waals surface area contributed by atoms with Crippen LogP contribution in [0.1, 0.15) is 28.2 Å². The molecule has 1 amide bonds. The Bertz CT molecular complexity index is 734. The lowest BCUT2D eigenvalue weighted by molar-refractivity contribution is -0.134. The van der Waals surface area contributed by atoms with Crippen LogP contribution in [0, 0.1) is 13.8 Å². The van der Waals surface area contributed by atoms with Crippen LogP contribution in [0.5, 0.6) is 0 Å². The Morgan fingerprint density at radius 3 is 2.91 bits per heavy atom. The topological polar surface area (TPSA) is 85.6 Å². The van der Waals surface area contributed by atoms with Gasteiger partial charge < -0.3 is 10.1 Å². The zero-order valence-electron chi connectivity index (χ0n) is 12.8. The first-order chi connectivity index (χ1) is 10.5. The zero-order chi connectivity index (χ0) is 16.1. The van der Waals surface area contributed by atoms with E-state index in [0.717, 1.165) is 11.4 Å². The highest BCUT2D eigenvalue weighted by molar-refractivity contribution is 5.99. The Balaban J connectivity index is 2.02. The maximum absolute atomic E-state index is 12.2. The van der Waals surface area contributed by atoms with Gasteiger partial charge in [0.05, 0.1) is 13.3 Å². The van der Waals surface area contributed by atoms with E-state index < -0.39 is 5.97 Å². The van der Waals surface area contributed by atoms with Crippen LogP contribution in [0.4, 0.5) is 0 Å². The predicted molar refractivity (Wildman–Crippen MR) is 80.6 cm³/mol. The molecule has 0 radical (unpaired) electrons. The number of hydrogen-bond donors (Lipinski definition) is 1. The summed E-state index contributed by atoms with van der Waals surface area (Å²) in [4.78, 5) is 27.4. The summed E-state index contributed by atoms with van der Waals surface area (Å²) in [6.07, 6.45) is 5.02. The Labute approximate surface area is 128 Å². The highest BCUT2D eigenvalue weighted by Crippen LogP contribution is 2.11. The average molecular weight is 302 g/mol. The number of nitrogens with zero attached hydrogens (tertiary/aromatic N) is 3. The Hall–Kier alpha value is -2.70. The van der Waals surface area contributed by atoms with E-state index in [1.807, 2.05) is 19.9 Å². The lowest BCUT2D eigenvalue weighted by Crippen LogP contribution is -2.24. The van der Waals surface area contributed by atoms with Crippen molar-refractivity contribution in [2.45, 2.75) is 20.3 Å². The van der Waals surface area contributed by atoms with Crippen LogP contribution in [0.2, 0.25) is 0 Å². The number of aryl methyl sites for hydroxylation is 2. The van der Waals surface area contributed by atoms with Crippen LogP contribution in [-0.2, 0) is 9.53 Å². The van der Waals surface area contributed by atoms with Gasteiger partial charge in [0.15, 0.2) is 5.65 Å². The second-order valence-corrected chi connectivity index (χ2v) is 4.80. The van der Waals surface area contributed by atoms with Crippen LogP contribution in [0.15, 0.2) is 24.4 Å². The smallest absolute Gasteiger partial charge is 0.330 e. The number of carbonyl (C=O) groups is 2. The van der Waals surface area contributed by atoms with Crippen molar-refractivity contribution in [3.63, 3.8) is 0 Å². The first-order valence-electron chi connectivity index (χ1n) is 6.87. The van der Waals surface area contributed by atoms with Crippen LogP contribution >= 0.6 is 0 Å². The number of aromatic nitrogens is 3. The molecule has 7 heteroatoms. The fraction of sp³-hybridized carbons (Fsp3) is 0.333. The highest BCUT2D eigenvalue weighted by atomic mass is 16.5. The van der Waals surface area contributed by atoms with E-state index in [2.05, 4.69) is 20.1 Å². The molecule has 1 N–H and O–H groups in total. The van der Waals surface area contributed by atoms with Crippen LogP contribution in [0.3, 0.4) is 0 Å². The van der Waals surface area contributed by atoms with E-state index in [1.165, 1.54) is 19.4 Å². The van der Waals surface area contributed by atoms with E-state index in [1.54, 1.807) is 10.6 Å². The van der Waals surface area contributed by atoms with Crippen molar-refractivity contribution in [1.29, 1.82) is 0 Å². The van der Waals surface area contributed by atoms with E-state index in [4.69, 9.17) is 0 Å². The van der Waals surface area contributed by atoms with Gasteiger partial charge in [-0.05, 0) is 26.3 Å². The van der Waals surface area contributed by atoms with Gasteiger partial charge in [-0.15, -0.1) is 0 Å². The van der Waals surface area contributed by atoms with Gasteiger partial charge in [-0.1, -0.05) is 6.08 Å². The van der Waals surface area contributed by atoms with Crippen molar-refractivity contribution in [2.24, 2.45) is 0 Å². The summed E-state index contributed by atoms with van der Waals surface area (Å²) in [5.41, 5.74) is 2.73. The molecule has 2 heterocycles. The third-order valence-corrected chi connectivity index (χ3v) is 3.07. The highest BCUT2D eigenvalue weighted by Gasteiger charge is 2.14. The molecule has 7 nitrogen and oxygen atoms in total. The monoisotopic (exact) mass is 302 g/mol. The second kappa shape index (κ2) is 6.84. The molecule has 22 heavy (non-hydrogen) atoms. The van der Waals surface area contributed by atoms with Gasteiger partial charge in [0, 0.05) is 24.0 Å². The van der Waals surface area contributed by atoms with Crippen molar-refractivity contribution >= 4 is 17.5 Å². The average Bonchev–Trinajstić information content (AvgIpc) is 2.90. The molecule has 0 aliphatic rings. The molecule has 0 atom stereocenters. The summed E-state index contributed by atoms with van der Waals surface area (Å²) in [6.45, 7) is 4.20. The summed E-state index contributed by atoms with van der Waals surface area (Å²) in [6, 6.07) is 1.90. The summed E-state index contributed by atoms with van der Waals surface area (Å²) in [7, 11) is 1.32. The Morgan fingerprint density at radius 1 is 1.41 bits per heavy atom. The van der Waals surface area contributed by atoms with Crippen molar-refractivity contribution in [1.82, 2.24) is 19.9 Å². The van der Waals surface area contributed by atoms with Gasteiger partial charge in [0.2, 0.25) is 0 Å². The molecule has 116 valence electrons. The molecular weight excluding hydrogens is 284 g/mol. The molecule has 2 rings (SSSR count). The minimum atomic E-state index is -0.413. The molecule has 2 aromatic heterocycles. The van der Waals surface area contributed by atoms with Gasteiger partial charge in [-0.3, -0.25) is 4.79 Å². The molecule has 0 saturated heterocycles. The number of methoxy groups -OCH3 is 1. The molecule has 0 aliphatic carbocycles. The van der Waals surface area contributed by atoms with Gasteiger partial charge in [0.25, 0.3) is 5.91 Å². The van der Waals surface area contributed by atoms with Gasteiger partial charge in [-0.25, -0.2) is 14.3 Å². The lowest BCUT2D eigenvalue weighted by Gasteiger charge is -2.03. The van der Waals surface area contributed by atoms with Gasteiger partial charge in [-0.2, -0.15) is 5.10 Å². The molecule has 0 spiro atoms. The van der Waals surface area contributed by atoms with E-state index in [0.29, 0.717) is 24.2 Å². The SMILES string of the molecule is COC(=O)/C=C/CCNC(=O)c1cnn2c(C)cc(C)nc12. The fourth-order valence-corrected chi connectivity index (χ4v) is 2.04. The largest absolute Gasteiger partial charge is 0.466 e. The molecule has 0 saturated carbocycles. The number of nitrogens with one attached hydrogen (secondary N) is 1. The minimum absolute atomic E-state index is 0.237. The quantitative estimate of drug-likeness (QED) is 0.509. The van der Waals surface area contributed by atoms with Crippen molar-refractivity contribution in [3.8, 4) is 0 Å². The van der Waals surface area contributed by atoms with Crippen LogP contribution < -0.4 is 5.32 Å². The first-order valence-corrected chi connectivity index (χ1v) is 6.87. The first kappa shape index (κ1) is 15.7. The van der Waals surface area contributed by atoms with Crippen molar-refractivity contribution in [2.75, 3.05) is 13.7 Å². The molecule has 0 fully saturated rings. The van der Waals surface area contributed by atoms with E-state index in [9.17, 15) is 9.59 Å². The summed E-state index contributed by atoms with van der Waals surface area (Å²) >= 11 is 0. The van der Waals surface area contributed by atoms with Crippen LogP contribution in [-0.4, -0.2) is 40.1 Å². The number of hydrogen-bond acceptors (Lipinski definition) is 5. The fourth-order valence-electron chi connectivity index (χ4n) is 2.04. The summed E-state index contributed by atoms with van der Waals surface area (Å²) < 4.78 is 6.11. The minimum Gasteiger partial charge on any atom is -0.466 e. The maximum atomic E-state index is 12.2. The number of ether oxygens (including phenoxy) is 1. The third-order valence-electron chi connectivity index (χ3n) is 3.07. The molecule has 0 aromatic carbocycles. The molecule has 2 aromatic rings. The molecule has 0 bridgehead atoms. The predicted octanol–water partition coefficient (Wildman–Crippen LogP) is 1.20. The van der Waals surface area contributed by atoms with E-state index in [-0.39, 0.29) is 5.91 Å². The third kappa shape index (κ3) is 3.49. The summed E-state index contributed by atoms with van der Waals surface area (Å²) in [5.74, 6) is -0.650. The number of amides is 1. The summed E-state index contributed by atoms with van der Waals surface area (Å²) in [5, 5.41) is 6.95. The van der Waals surface area contributed by atoms with Gasteiger partial charge >= 0.3 is 5.97 Å². The normalized spacial score (nSPS) is 11.0. The zero-order valence-corrected chi connectivity index (χ0v) is 12.8. The standard InChI is InChI=1S/C15H18N4O3/c1-10-8-11(2)19-14(18-10)12(9-17-19)15(21)16-7-5-4-6-13(20)22-3/h4,6,8-9H,5,7H2,1-3H3,(H,16,21)/b6-4+. The number of esters is 1. The van der Waals surface area contributed by atoms with Crippen LogP contribution in [0.25, 0.3) is 5.65 Å². The second-order valence-electron chi connectivity index (χ2n) is 4.80. The Kier molecular flexibility index (Phi) is 4.88. The van der Waals surface area contributed by atoms with Gasteiger partial charge in [0.1, 0.15) is 5.56 Å². The molecule has 0 unspecified atom stereocenters. The van der Waals surface area contributed by atoms with E-state index >= 15 is 0 Å². The maximum Gasteiger partial charge on any atom is 0.330 e.